The number of carbonyl (C=O) groups excluding carboxylic acids is 2. The van der Waals surface area contributed by atoms with E-state index in [4.69, 9.17) is 11.6 Å². The van der Waals surface area contributed by atoms with E-state index in [0.717, 1.165) is 16.0 Å². The summed E-state index contributed by atoms with van der Waals surface area (Å²) in [5.41, 5.74) is 2.43. The number of benzene rings is 2. The van der Waals surface area contributed by atoms with Crippen LogP contribution in [0.5, 0.6) is 0 Å². The molecule has 0 atom stereocenters. The third-order valence-electron chi connectivity index (χ3n) is 4.98. The Labute approximate surface area is 202 Å². The first kappa shape index (κ1) is 24.5. The van der Waals surface area contributed by atoms with Crippen LogP contribution in [-0.2, 0) is 17.9 Å². The third kappa shape index (κ3) is 7.17. The Morgan fingerprint density at radius 3 is 2.52 bits per heavy atom. The third-order valence-corrected chi connectivity index (χ3v) is 6.22. The van der Waals surface area contributed by atoms with Crippen LogP contribution in [0.4, 0.5) is 14.9 Å². The van der Waals surface area contributed by atoms with Crippen molar-refractivity contribution in [2.45, 2.75) is 20.0 Å². The second-order valence-electron chi connectivity index (χ2n) is 7.51. The zero-order valence-electron chi connectivity index (χ0n) is 18.3. The molecule has 5 nitrogen and oxygen atoms in total. The summed E-state index contributed by atoms with van der Waals surface area (Å²) < 4.78 is 13.3. The van der Waals surface area contributed by atoms with Crippen molar-refractivity contribution >= 4 is 40.6 Å². The van der Waals surface area contributed by atoms with Gasteiger partial charge in [0, 0.05) is 28.7 Å². The summed E-state index contributed by atoms with van der Waals surface area (Å²) in [5.74, 6) is -0.559. The molecule has 0 aliphatic rings. The standard InChI is InChI=1S/C25H25ClFN3O2S/c1-3-12-29(25(32)28-22-6-4-5-20(26)14-22)17-24(31)30(16-23-18(2)11-13-33-23)15-19-7-9-21(27)10-8-19/h3-11,13-14H,1,12,15-17H2,2H3,(H,28,32). The lowest BCUT2D eigenvalue weighted by Crippen LogP contribution is -2.44. The highest BCUT2D eigenvalue weighted by molar-refractivity contribution is 7.10. The molecule has 0 saturated carbocycles. The van der Waals surface area contributed by atoms with Crippen molar-refractivity contribution in [3.63, 3.8) is 0 Å². The van der Waals surface area contributed by atoms with E-state index < -0.39 is 6.03 Å². The highest BCUT2D eigenvalue weighted by Gasteiger charge is 2.22. The minimum Gasteiger partial charge on any atom is -0.332 e. The summed E-state index contributed by atoms with van der Waals surface area (Å²) in [7, 11) is 0. The first-order chi connectivity index (χ1) is 15.9. The predicted octanol–water partition coefficient (Wildman–Crippen LogP) is 6.10. The van der Waals surface area contributed by atoms with E-state index in [1.165, 1.54) is 17.0 Å². The van der Waals surface area contributed by atoms with Gasteiger partial charge in [-0.2, -0.15) is 0 Å². The average Bonchev–Trinajstić information content (AvgIpc) is 3.18. The number of amides is 3. The number of aryl methyl sites for hydroxylation is 1. The smallest absolute Gasteiger partial charge is 0.322 e. The van der Waals surface area contributed by atoms with E-state index in [0.29, 0.717) is 23.8 Å². The number of halogens is 2. The summed E-state index contributed by atoms with van der Waals surface area (Å²) >= 11 is 7.57. The van der Waals surface area contributed by atoms with Gasteiger partial charge in [0.1, 0.15) is 12.4 Å². The van der Waals surface area contributed by atoms with Crippen LogP contribution in [-0.4, -0.2) is 34.8 Å². The lowest BCUT2D eigenvalue weighted by Gasteiger charge is -2.27. The van der Waals surface area contributed by atoms with Crippen LogP contribution in [0.1, 0.15) is 16.0 Å². The summed E-state index contributed by atoms with van der Waals surface area (Å²) in [4.78, 5) is 30.3. The van der Waals surface area contributed by atoms with Gasteiger partial charge in [0.2, 0.25) is 5.91 Å². The lowest BCUT2D eigenvalue weighted by atomic mass is 10.2. The van der Waals surface area contributed by atoms with Gasteiger partial charge in [0.25, 0.3) is 0 Å². The average molecular weight is 486 g/mol. The molecule has 0 aliphatic heterocycles. The molecule has 3 amide bonds. The molecule has 3 rings (SSSR count). The van der Waals surface area contributed by atoms with E-state index in [9.17, 15) is 14.0 Å². The van der Waals surface area contributed by atoms with Crippen molar-refractivity contribution in [1.29, 1.82) is 0 Å². The molecule has 1 N–H and O–H groups in total. The van der Waals surface area contributed by atoms with Crippen molar-refractivity contribution in [3.8, 4) is 0 Å². The van der Waals surface area contributed by atoms with Crippen molar-refractivity contribution < 1.29 is 14.0 Å². The predicted molar refractivity (Wildman–Crippen MR) is 132 cm³/mol. The van der Waals surface area contributed by atoms with E-state index in [1.54, 1.807) is 58.7 Å². The number of hydrogen-bond donors (Lipinski definition) is 1. The molecule has 0 spiro atoms. The maximum Gasteiger partial charge on any atom is 0.322 e. The molecule has 0 aliphatic carbocycles. The minimum absolute atomic E-state index is 0.135. The summed E-state index contributed by atoms with van der Waals surface area (Å²) in [6.45, 7) is 6.46. The topological polar surface area (TPSA) is 52.7 Å². The van der Waals surface area contributed by atoms with Crippen LogP contribution in [0.25, 0.3) is 0 Å². The molecular formula is C25H25ClFN3O2S. The van der Waals surface area contributed by atoms with Gasteiger partial charge in [-0.05, 0) is 59.8 Å². The Balaban J connectivity index is 1.76. The van der Waals surface area contributed by atoms with Gasteiger partial charge in [-0.3, -0.25) is 4.79 Å². The highest BCUT2D eigenvalue weighted by atomic mass is 35.5. The molecule has 0 saturated heterocycles. The van der Waals surface area contributed by atoms with E-state index in [-0.39, 0.29) is 24.8 Å². The fourth-order valence-electron chi connectivity index (χ4n) is 3.19. The Kier molecular flexibility index (Phi) is 8.63. The van der Waals surface area contributed by atoms with Crippen LogP contribution in [0.2, 0.25) is 5.02 Å². The number of thiophene rings is 1. The highest BCUT2D eigenvalue weighted by Crippen LogP contribution is 2.20. The van der Waals surface area contributed by atoms with Gasteiger partial charge in [-0.1, -0.05) is 35.9 Å². The van der Waals surface area contributed by atoms with Crippen LogP contribution >= 0.6 is 22.9 Å². The Morgan fingerprint density at radius 1 is 1.12 bits per heavy atom. The summed E-state index contributed by atoms with van der Waals surface area (Å²) in [5, 5.41) is 5.24. The molecule has 2 aromatic carbocycles. The van der Waals surface area contributed by atoms with Gasteiger partial charge >= 0.3 is 6.03 Å². The number of hydrogen-bond acceptors (Lipinski definition) is 3. The van der Waals surface area contributed by atoms with Crippen molar-refractivity contribution in [1.82, 2.24) is 9.80 Å². The van der Waals surface area contributed by atoms with Crippen molar-refractivity contribution in [2.75, 3.05) is 18.4 Å². The van der Waals surface area contributed by atoms with E-state index >= 15 is 0 Å². The maximum atomic E-state index is 13.3. The molecular weight excluding hydrogens is 461 g/mol. The largest absolute Gasteiger partial charge is 0.332 e. The molecule has 3 aromatic rings. The quantitative estimate of drug-likeness (QED) is 0.372. The normalized spacial score (nSPS) is 10.5. The van der Waals surface area contributed by atoms with Gasteiger partial charge in [0.15, 0.2) is 0 Å². The number of rotatable bonds is 9. The van der Waals surface area contributed by atoms with Gasteiger partial charge in [0.05, 0.1) is 6.54 Å². The number of nitrogens with one attached hydrogen (secondary N) is 1. The molecule has 33 heavy (non-hydrogen) atoms. The van der Waals surface area contributed by atoms with Crippen LogP contribution in [0.3, 0.4) is 0 Å². The molecule has 1 aromatic heterocycles. The summed E-state index contributed by atoms with van der Waals surface area (Å²) in [6.07, 6.45) is 1.57. The Morgan fingerprint density at radius 2 is 1.88 bits per heavy atom. The second kappa shape index (κ2) is 11.6. The summed E-state index contributed by atoms with van der Waals surface area (Å²) in [6, 6.07) is 14.4. The van der Waals surface area contributed by atoms with Gasteiger partial charge in [-0.15, -0.1) is 17.9 Å². The molecule has 0 fully saturated rings. The molecule has 0 radical (unpaired) electrons. The van der Waals surface area contributed by atoms with E-state index in [1.807, 2.05) is 18.4 Å². The lowest BCUT2D eigenvalue weighted by molar-refractivity contribution is -0.132. The zero-order valence-corrected chi connectivity index (χ0v) is 19.8. The van der Waals surface area contributed by atoms with Gasteiger partial charge < -0.3 is 15.1 Å². The van der Waals surface area contributed by atoms with E-state index in [2.05, 4.69) is 11.9 Å². The number of urea groups is 1. The molecule has 0 unspecified atom stereocenters. The number of nitrogens with zero attached hydrogens (tertiary/aromatic N) is 2. The first-order valence-electron chi connectivity index (χ1n) is 10.3. The SMILES string of the molecule is C=CCN(CC(=O)N(Cc1ccc(F)cc1)Cc1sccc1C)C(=O)Nc1cccc(Cl)c1. The first-order valence-corrected chi connectivity index (χ1v) is 11.6. The fraction of sp³-hybridized carbons (Fsp3) is 0.200. The Hall–Kier alpha value is -3.16. The number of carbonyl (C=O) groups is 2. The maximum absolute atomic E-state index is 13.3. The number of anilines is 1. The molecule has 0 bridgehead atoms. The van der Waals surface area contributed by atoms with Crippen molar-refractivity contribution in [3.05, 3.63) is 99.5 Å². The second-order valence-corrected chi connectivity index (χ2v) is 8.95. The molecule has 172 valence electrons. The molecule has 8 heteroatoms. The fourth-order valence-corrected chi connectivity index (χ4v) is 4.30. The minimum atomic E-state index is -0.431. The Bertz CT molecular complexity index is 1120. The van der Waals surface area contributed by atoms with Crippen molar-refractivity contribution in [2.24, 2.45) is 0 Å². The van der Waals surface area contributed by atoms with Crippen LogP contribution in [0, 0.1) is 12.7 Å². The van der Waals surface area contributed by atoms with Crippen LogP contribution in [0.15, 0.2) is 72.6 Å². The van der Waals surface area contributed by atoms with Gasteiger partial charge in [-0.25, -0.2) is 9.18 Å². The molecule has 1 heterocycles. The van der Waals surface area contributed by atoms with Crippen LogP contribution < -0.4 is 5.32 Å². The monoisotopic (exact) mass is 485 g/mol. The zero-order chi connectivity index (χ0) is 23.8.